The van der Waals surface area contributed by atoms with Crippen LogP contribution in [0.1, 0.15) is 38.7 Å². The maximum Gasteiger partial charge on any atom is 0.231 e. The molecule has 1 aromatic carbocycles. The highest BCUT2D eigenvalue weighted by Gasteiger charge is 2.17. The average molecular weight is 280 g/mol. The predicted octanol–water partition coefficient (Wildman–Crippen LogP) is 3.56. The van der Waals surface area contributed by atoms with E-state index in [0.717, 1.165) is 49.5 Å². The Morgan fingerprint density at radius 2 is 1.80 bits per heavy atom. The Morgan fingerprint density at radius 3 is 2.55 bits per heavy atom. The standard InChI is InChI=1S/C16H24O4/c1-3-5-7-17-8-9-18-14-11-16-15(19-12-20-16)10-13(14)6-4-2/h10-11H,3-9,12H2,1-2H3. The Bertz CT molecular complexity index is 417. The van der Waals surface area contributed by atoms with Crippen LogP contribution < -0.4 is 14.2 Å². The molecule has 2 rings (SSSR count). The predicted molar refractivity (Wildman–Crippen MR) is 77.8 cm³/mol. The van der Waals surface area contributed by atoms with Crippen molar-refractivity contribution in [2.75, 3.05) is 26.6 Å². The normalized spacial score (nSPS) is 12.7. The van der Waals surface area contributed by atoms with E-state index in [1.165, 1.54) is 5.56 Å². The molecular weight excluding hydrogens is 256 g/mol. The Morgan fingerprint density at radius 1 is 1.00 bits per heavy atom. The van der Waals surface area contributed by atoms with E-state index in [1.807, 2.05) is 12.1 Å². The van der Waals surface area contributed by atoms with Gasteiger partial charge in [0.15, 0.2) is 11.5 Å². The van der Waals surface area contributed by atoms with Crippen LogP contribution in [-0.4, -0.2) is 26.6 Å². The quantitative estimate of drug-likeness (QED) is 0.648. The molecule has 0 N–H and O–H groups in total. The molecule has 0 saturated heterocycles. The van der Waals surface area contributed by atoms with Crippen LogP contribution in [0.15, 0.2) is 12.1 Å². The summed E-state index contributed by atoms with van der Waals surface area (Å²) in [5, 5.41) is 0. The van der Waals surface area contributed by atoms with Gasteiger partial charge in [-0.1, -0.05) is 26.7 Å². The molecule has 1 heterocycles. The molecule has 0 spiro atoms. The van der Waals surface area contributed by atoms with Gasteiger partial charge in [-0.05, 0) is 24.5 Å². The van der Waals surface area contributed by atoms with E-state index in [2.05, 4.69) is 13.8 Å². The summed E-state index contributed by atoms with van der Waals surface area (Å²) in [6.45, 7) is 6.61. The molecule has 0 atom stereocenters. The van der Waals surface area contributed by atoms with Crippen molar-refractivity contribution in [3.05, 3.63) is 17.7 Å². The lowest BCUT2D eigenvalue weighted by Crippen LogP contribution is -2.08. The molecule has 112 valence electrons. The first kappa shape index (κ1) is 15.0. The molecule has 0 saturated carbocycles. The maximum absolute atomic E-state index is 5.83. The third-order valence-electron chi connectivity index (χ3n) is 3.20. The number of rotatable bonds is 9. The minimum atomic E-state index is 0.296. The van der Waals surface area contributed by atoms with Crippen LogP contribution in [0.4, 0.5) is 0 Å². The third kappa shape index (κ3) is 4.04. The van der Waals surface area contributed by atoms with E-state index in [-0.39, 0.29) is 0 Å². The molecule has 1 aliphatic heterocycles. The van der Waals surface area contributed by atoms with Crippen LogP contribution in [0.3, 0.4) is 0 Å². The zero-order valence-corrected chi connectivity index (χ0v) is 12.4. The molecular formula is C16H24O4. The zero-order valence-electron chi connectivity index (χ0n) is 12.4. The fraction of sp³-hybridized carbons (Fsp3) is 0.625. The lowest BCUT2D eigenvalue weighted by Gasteiger charge is -2.12. The van der Waals surface area contributed by atoms with E-state index in [1.54, 1.807) is 0 Å². The molecule has 0 aliphatic carbocycles. The minimum absolute atomic E-state index is 0.296. The van der Waals surface area contributed by atoms with Gasteiger partial charge in [0.25, 0.3) is 0 Å². The average Bonchev–Trinajstić information content (AvgIpc) is 2.90. The summed E-state index contributed by atoms with van der Waals surface area (Å²) in [4.78, 5) is 0. The lowest BCUT2D eigenvalue weighted by atomic mass is 10.1. The summed E-state index contributed by atoms with van der Waals surface area (Å²) >= 11 is 0. The molecule has 4 heteroatoms. The van der Waals surface area contributed by atoms with Crippen LogP contribution in [0.2, 0.25) is 0 Å². The monoisotopic (exact) mass is 280 g/mol. The Balaban J connectivity index is 1.89. The molecule has 20 heavy (non-hydrogen) atoms. The summed E-state index contributed by atoms with van der Waals surface area (Å²) in [5.41, 5.74) is 1.17. The fourth-order valence-corrected chi connectivity index (χ4v) is 2.12. The highest BCUT2D eigenvalue weighted by Crippen LogP contribution is 2.38. The van der Waals surface area contributed by atoms with Crippen molar-refractivity contribution in [3.8, 4) is 17.2 Å². The van der Waals surface area contributed by atoms with Gasteiger partial charge in [0, 0.05) is 12.7 Å². The molecule has 4 nitrogen and oxygen atoms in total. The van der Waals surface area contributed by atoms with E-state index < -0.39 is 0 Å². The second-order valence-electron chi connectivity index (χ2n) is 4.88. The van der Waals surface area contributed by atoms with Gasteiger partial charge in [-0.25, -0.2) is 0 Å². The zero-order chi connectivity index (χ0) is 14.2. The smallest absolute Gasteiger partial charge is 0.231 e. The number of fused-ring (bicyclic) bond motifs is 1. The second kappa shape index (κ2) is 8.00. The summed E-state index contributed by atoms with van der Waals surface area (Å²) in [6.07, 6.45) is 4.31. The summed E-state index contributed by atoms with van der Waals surface area (Å²) < 4.78 is 22.1. The molecule has 0 fully saturated rings. The molecule has 0 unspecified atom stereocenters. The van der Waals surface area contributed by atoms with Gasteiger partial charge >= 0.3 is 0 Å². The van der Waals surface area contributed by atoms with Gasteiger partial charge in [0.1, 0.15) is 12.4 Å². The van der Waals surface area contributed by atoms with Crippen molar-refractivity contribution in [2.24, 2.45) is 0 Å². The number of benzene rings is 1. The lowest BCUT2D eigenvalue weighted by molar-refractivity contribution is 0.0976. The van der Waals surface area contributed by atoms with Crippen LogP contribution in [0.5, 0.6) is 17.2 Å². The highest BCUT2D eigenvalue weighted by molar-refractivity contribution is 5.51. The Hall–Kier alpha value is -1.42. The Labute approximate surface area is 121 Å². The van der Waals surface area contributed by atoms with Crippen molar-refractivity contribution in [1.82, 2.24) is 0 Å². The van der Waals surface area contributed by atoms with Crippen LogP contribution in [0.25, 0.3) is 0 Å². The van der Waals surface area contributed by atoms with Gasteiger partial charge in [-0.15, -0.1) is 0 Å². The van der Waals surface area contributed by atoms with E-state index >= 15 is 0 Å². The summed E-state index contributed by atoms with van der Waals surface area (Å²) in [7, 11) is 0. The first-order valence-electron chi connectivity index (χ1n) is 7.48. The number of hydrogen-bond acceptors (Lipinski definition) is 4. The summed E-state index contributed by atoms with van der Waals surface area (Å²) in [5.74, 6) is 2.47. The first-order chi connectivity index (χ1) is 9.85. The molecule has 1 aromatic rings. The second-order valence-corrected chi connectivity index (χ2v) is 4.88. The molecule has 1 aliphatic rings. The summed E-state index contributed by atoms with van der Waals surface area (Å²) in [6, 6.07) is 3.96. The molecule has 0 amide bonds. The molecule has 0 radical (unpaired) electrons. The van der Waals surface area contributed by atoms with Crippen molar-refractivity contribution in [2.45, 2.75) is 39.5 Å². The molecule has 0 bridgehead atoms. The van der Waals surface area contributed by atoms with Crippen LogP contribution in [-0.2, 0) is 11.2 Å². The van der Waals surface area contributed by atoms with Gasteiger partial charge in [0.05, 0.1) is 6.61 Å². The topological polar surface area (TPSA) is 36.9 Å². The first-order valence-corrected chi connectivity index (χ1v) is 7.48. The van der Waals surface area contributed by atoms with Crippen LogP contribution in [0, 0.1) is 0 Å². The van der Waals surface area contributed by atoms with Gasteiger partial charge < -0.3 is 18.9 Å². The number of unbranched alkanes of at least 4 members (excludes halogenated alkanes) is 1. The van der Waals surface area contributed by atoms with Crippen molar-refractivity contribution in [1.29, 1.82) is 0 Å². The SMILES string of the molecule is CCCCOCCOc1cc2c(cc1CCC)OCO2. The Kier molecular flexibility index (Phi) is 5.99. The number of aryl methyl sites for hydroxylation is 1. The van der Waals surface area contributed by atoms with Crippen molar-refractivity contribution in [3.63, 3.8) is 0 Å². The van der Waals surface area contributed by atoms with Crippen molar-refractivity contribution >= 4 is 0 Å². The van der Waals surface area contributed by atoms with Gasteiger partial charge in [-0.3, -0.25) is 0 Å². The van der Waals surface area contributed by atoms with Crippen LogP contribution >= 0.6 is 0 Å². The van der Waals surface area contributed by atoms with E-state index in [9.17, 15) is 0 Å². The largest absolute Gasteiger partial charge is 0.491 e. The third-order valence-corrected chi connectivity index (χ3v) is 3.20. The van der Waals surface area contributed by atoms with Gasteiger partial charge in [-0.2, -0.15) is 0 Å². The van der Waals surface area contributed by atoms with E-state index in [0.29, 0.717) is 20.0 Å². The highest BCUT2D eigenvalue weighted by atomic mass is 16.7. The maximum atomic E-state index is 5.83. The fourth-order valence-electron chi connectivity index (χ4n) is 2.12. The molecule has 0 aromatic heterocycles. The minimum Gasteiger partial charge on any atom is -0.491 e. The van der Waals surface area contributed by atoms with Crippen molar-refractivity contribution < 1.29 is 18.9 Å². The number of hydrogen-bond donors (Lipinski definition) is 0. The van der Waals surface area contributed by atoms with Gasteiger partial charge in [0.2, 0.25) is 6.79 Å². The number of ether oxygens (including phenoxy) is 4. The van der Waals surface area contributed by atoms with E-state index in [4.69, 9.17) is 18.9 Å².